The second-order valence-corrected chi connectivity index (χ2v) is 8.64. The summed E-state index contributed by atoms with van der Waals surface area (Å²) in [5.74, 6) is 1.03. The van der Waals surface area contributed by atoms with Gasteiger partial charge in [-0.25, -0.2) is 4.98 Å². The molecule has 0 bridgehead atoms. The summed E-state index contributed by atoms with van der Waals surface area (Å²) >= 11 is 0. The van der Waals surface area contributed by atoms with Gasteiger partial charge in [-0.3, -0.25) is 0 Å². The van der Waals surface area contributed by atoms with Crippen LogP contribution in [0, 0.1) is 0 Å². The SMILES string of the molecule is CCN(CC)CCCNc1nc(Nc2ccccc2)c2ncn(C[C@@H]3O[C@H](CO)[C@@H](O)[C@H]3O)c2n1. The lowest BCUT2D eigenvalue weighted by Crippen LogP contribution is -2.35. The van der Waals surface area contributed by atoms with Crippen LogP contribution in [0.5, 0.6) is 0 Å². The van der Waals surface area contributed by atoms with Crippen molar-refractivity contribution in [2.45, 2.75) is 51.2 Å². The molecule has 0 unspecified atom stereocenters. The van der Waals surface area contributed by atoms with Gasteiger partial charge in [0.15, 0.2) is 17.0 Å². The molecule has 11 nitrogen and oxygen atoms in total. The van der Waals surface area contributed by atoms with Crippen LogP contribution in [0.1, 0.15) is 20.3 Å². The molecule has 0 aliphatic carbocycles. The maximum absolute atomic E-state index is 10.4. The number of aromatic nitrogens is 4. The number of nitrogens with one attached hydrogen (secondary N) is 2. The molecule has 1 aliphatic rings. The molecule has 5 N–H and O–H groups in total. The Morgan fingerprint density at radius 3 is 2.49 bits per heavy atom. The maximum atomic E-state index is 10.4. The van der Waals surface area contributed by atoms with E-state index in [1.165, 1.54) is 0 Å². The molecule has 3 aromatic rings. The Hall–Kier alpha value is -2.83. The van der Waals surface area contributed by atoms with Gasteiger partial charge in [0, 0.05) is 12.2 Å². The average Bonchev–Trinajstić information content (AvgIpc) is 3.41. The first-order valence-corrected chi connectivity index (χ1v) is 12.2. The monoisotopic (exact) mass is 485 g/mol. The molecule has 1 aromatic carbocycles. The minimum absolute atomic E-state index is 0.217. The van der Waals surface area contributed by atoms with Gasteiger partial charge in [0.1, 0.15) is 24.4 Å². The molecule has 1 fully saturated rings. The molecule has 1 aliphatic heterocycles. The van der Waals surface area contributed by atoms with E-state index in [9.17, 15) is 15.3 Å². The fourth-order valence-corrected chi connectivity index (χ4v) is 4.27. The largest absolute Gasteiger partial charge is 0.394 e. The zero-order valence-electron chi connectivity index (χ0n) is 20.2. The van der Waals surface area contributed by atoms with Gasteiger partial charge >= 0.3 is 0 Å². The van der Waals surface area contributed by atoms with E-state index in [0.29, 0.717) is 22.9 Å². The summed E-state index contributed by atoms with van der Waals surface area (Å²) in [5.41, 5.74) is 2.02. The van der Waals surface area contributed by atoms with Crippen LogP contribution in [0.4, 0.5) is 17.5 Å². The van der Waals surface area contributed by atoms with Crippen molar-refractivity contribution < 1.29 is 20.1 Å². The van der Waals surface area contributed by atoms with E-state index in [4.69, 9.17) is 9.72 Å². The van der Waals surface area contributed by atoms with E-state index in [1.54, 1.807) is 10.9 Å². The zero-order valence-corrected chi connectivity index (χ0v) is 20.2. The third kappa shape index (κ3) is 5.88. The number of hydrogen-bond acceptors (Lipinski definition) is 10. The number of rotatable bonds is 12. The number of para-hydroxylation sites is 1. The van der Waals surface area contributed by atoms with E-state index >= 15 is 0 Å². The Kier molecular flexibility index (Phi) is 8.47. The lowest BCUT2D eigenvalue weighted by atomic mass is 10.1. The van der Waals surface area contributed by atoms with Crippen LogP contribution in [0.3, 0.4) is 0 Å². The van der Waals surface area contributed by atoms with Crippen molar-refractivity contribution in [3.8, 4) is 0 Å². The smallest absolute Gasteiger partial charge is 0.226 e. The predicted octanol–water partition coefficient (Wildman–Crippen LogP) is 1.20. The highest BCUT2D eigenvalue weighted by Crippen LogP contribution is 2.27. The van der Waals surface area contributed by atoms with Crippen LogP contribution >= 0.6 is 0 Å². The lowest BCUT2D eigenvalue weighted by Gasteiger charge is -2.18. The quantitative estimate of drug-likeness (QED) is 0.238. The third-order valence-electron chi connectivity index (χ3n) is 6.35. The second kappa shape index (κ2) is 11.7. The first-order chi connectivity index (χ1) is 17.0. The minimum Gasteiger partial charge on any atom is -0.394 e. The maximum Gasteiger partial charge on any atom is 0.226 e. The Bertz CT molecular complexity index is 1080. The Morgan fingerprint density at radius 2 is 1.80 bits per heavy atom. The molecule has 1 saturated heterocycles. The number of nitrogens with zero attached hydrogens (tertiary/aromatic N) is 5. The van der Waals surface area contributed by atoms with Crippen LogP contribution in [-0.4, -0.2) is 96.9 Å². The summed E-state index contributed by atoms with van der Waals surface area (Å²) in [6.45, 7) is 7.90. The molecule has 3 heterocycles. The summed E-state index contributed by atoms with van der Waals surface area (Å²) in [7, 11) is 0. The van der Waals surface area contributed by atoms with Gasteiger partial charge in [0.05, 0.1) is 19.5 Å². The molecule has 0 saturated carbocycles. The summed E-state index contributed by atoms with van der Waals surface area (Å²) in [5, 5.41) is 36.5. The summed E-state index contributed by atoms with van der Waals surface area (Å²) in [4.78, 5) is 16.2. The molecule has 4 rings (SSSR count). The lowest BCUT2D eigenvalue weighted by molar-refractivity contribution is -0.0262. The molecule has 0 amide bonds. The van der Waals surface area contributed by atoms with Gasteiger partial charge < -0.3 is 40.2 Å². The van der Waals surface area contributed by atoms with Crippen LogP contribution in [-0.2, 0) is 11.3 Å². The molecular formula is C24H35N7O4. The summed E-state index contributed by atoms with van der Waals surface area (Å²) in [6.07, 6.45) is -1.22. The molecule has 0 spiro atoms. The molecule has 190 valence electrons. The summed E-state index contributed by atoms with van der Waals surface area (Å²) < 4.78 is 7.43. The number of imidazole rings is 1. The number of ether oxygens (including phenoxy) is 1. The van der Waals surface area contributed by atoms with Crippen molar-refractivity contribution in [1.29, 1.82) is 0 Å². The Morgan fingerprint density at radius 1 is 1.06 bits per heavy atom. The first kappa shape index (κ1) is 25.3. The van der Waals surface area contributed by atoms with Crippen molar-refractivity contribution >= 4 is 28.6 Å². The highest BCUT2D eigenvalue weighted by atomic mass is 16.6. The normalized spacial score (nSPS) is 22.2. The van der Waals surface area contributed by atoms with Crippen molar-refractivity contribution in [2.24, 2.45) is 0 Å². The molecule has 35 heavy (non-hydrogen) atoms. The van der Waals surface area contributed by atoms with Gasteiger partial charge in [-0.15, -0.1) is 0 Å². The molecule has 11 heteroatoms. The van der Waals surface area contributed by atoms with Crippen molar-refractivity contribution in [3.63, 3.8) is 0 Å². The van der Waals surface area contributed by atoms with Crippen LogP contribution in [0.25, 0.3) is 11.2 Å². The number of aliphatic hydroxyl groups excluding tert-OH is 3. The fourth-order valence-electron chi connectivity index (χ4n) is 4.27. The molecule has 0 radical (unpaired) electrons. The Balaban J connectivity index is 1.57. The molecule has 4 atom stereocenters. The number of fused-ring (bicyclic) bond motifs is 1. The van der Waals surface area contributed by atoms with E-state index in [2.05, 4.69) is 39.3 Å². The van der Waals surface area contributed by atoms with E-state index in [1.807, 2.05) is 30.3 Å². The zero-order chi connectivity index (χ0) is 24.8. The van der Waals surface area contributed by atoms with Crippen LogP contribution < -0.4 is 10.6 Å². The number of benzene rings is 1. The van der Waals surface area contributed by atoms with Gasteiger partial charge in [-0.2, -0.15) is 9.97 Å². The average molecular weight is 486 g/mol. The fraction of sp³-hybridized carbons (Fsp3) is 0.542. The molecule has 2 aromatic heterocycles. The highest BCUT2D eigenvalue weighted by Gasteiger charge is 2.42. The highest BCUT2D eigenvalue weighted by molar-refractivity contribution is 5.86. The standard InChI is InChI=1S/C24H35N7O4/c1-3-30(4-2)12-8-11-25-24-28-22(27-16-9-6-5-7-10-16)19-23(29-24)31(15-26-19)13-17-20(33)21(34)18(14-32)35-17/h5-7,9-10,15,17-18,20-21,32-34H,3-4,8,11-14H2,1-2H3,(H2,25,27,28,29)/t17-,18+,20-,21+/m0/s1. The van der Waals surface area contributed by atoms with E-state index in [0.717, 1.165) is 38.3 Å². The van der Waals surface area contributed by atoms with Gasteiger partial charge in [0.2, 0.25) is 5.95 Å². The van der Waals surface area contributed by atoms with Crippen molar-refractivity contribution in [2.75, 3.05) is 43.4 Å². The first-order valence-electron chi connectivity index (χ1n) is 12.2. The minimum atomic E-state index is -1.15. The van der Waals surface area contributed by atoms with Crippen LogP contribution in [0.2, 0.25) is 0 Å². The van der Waals surface area contributed by atoms with E-state index < -0.39 is 24.4 Å². The number of aliphatic hydroxyl groups is 3. The van der Waals surface area contributed by atoms with Crippen molar-refractivity contribution in [3.05, 3.63) is 36.7 Å². The molecular weight excluding hydrogens is 450 g/mol. The second-order valence-electron chi connectivity index (χ2n) is 8.64. The number of hydrogen-bond donors (Lipinski definition) is 5. The number of anilines is 3. The Labute approximate surface area is 204 Å². The van der Waals surface area contributed by atoms with Crippen LogP contribution in [0.15, 0.2) is 36.7 Å². The topological polar surface area (TPSA) is 141 Å². The van der Waals surface area contributed by atoms with Crippen molar-refractivity contribution in [1.82, 2.24) is 24.4 Å². The van der Waals surface area contributed by atoms with Gasteiger partial charge in [-0.1, -0.05) is 32.0 Å². The summed E-state index contributed by atoms with van der Waals surface area (Å²) in [6, 6.07) is 9.71. The third-order valence-corrected chi connectivity index (χ3v) is 6.35. The predicted molar refractivity (Wildman–Crippen MR) is 134 cm³/mol. The van der Waals surface area contributed by atoms with Gasteiger partial charge in [-0.05, 0) is 38.2 Å². The van der Waals surface area contributed by atoms with E-state index in [-0.39, 0.29) is 13.2 Å². The van der Waals surface area contributed by atoms with Gasteiger partial charge in [0.25, 0.3) is 0 Å².